The number of nitrogens with one attached hydrogen (secondary N) is 1. The van der Waals surface area contributed by atoms with Gasteiger partial charge in [-0.2, -0.15) is 5.26 Å². The quantitative estimate of drug-likeness (QED) is 0.436. The van der Waals surface area contributed by atoms with Gasteiger partial charge in [-0.25, -0.2) is 4.98 Å². The summed E-state index contributed by atoms with van der Waals surface area (Å²) in [6, 6.07) is 5.87. The van der Waals surface area contributed by atoms with Crippen LogP contribution in [-0.2, 0) is 11.2 Å². The predicted octanol–water partition coefficient (Wildman–Crippen LogP) is 4.77. The molecule has 27 heavy (non-hydrogen) atoms. The molecule has 0 saturated heterocycles. The van der Waals surface area contributed by atoms with Gasteiger partial charge in [0.25, 0.3) is 0 Å². The molecule has 0 radical (unpaired) electrons. The van der Waals surface area contributed by atoms with Crippen LogP contribution in [0.15, 0.2) is 21.5 Å². The fourth-order valence-corrected chi connectivity index (χ4v) is 4.90. The average Bonchev–Trinajstić information content (AvgIpc) is 3.11. The third-order valence-corrected chi connectivity index (χ3v) is 6.87. The fraction of sp³-hybridized carbons (Fsp3) is 0.500. The number of carbonyl (C=O) groups excluding carboxylic acids is 1. The second kappa shape index (κ2) is 11.3. The second-order valence-corrected chi connectivity index (χ2v) is 9.36. The molecule has 0 bridgehead atoms. The lowest BCUT2D eigenvalue weighted by Gasteiger charge is -2.14. The number of rotatable bonds is 10. The van der Waals surface area contributed by atoms with Crippen LogP contribution in [0.25, 0.3) is 0 Å². The van der Waals surface area contributed by atoms with Gasteiger partial charge in [-0.15, -0.1) is 10.2 Å². The molecular formula is C18H23N5OS3. The molecular weight excluding hydrogens is 398 g/mol. The van der Waals surface area contributed by atoms with Crippen LogP contribution in [0, 0.1) is 11.3 Å². The minimum Gasteiger partial charge on any atom is -0.300 e. The van der Waals surface area contributed by atoms with E-state index in [4.69, 9.17) is 0 Å². The summed E-state index contributed by atoms with van der Waals surface area (Å²) in [7, 11) is 0. The summed E-state index contributed by atoms with van der Waals surface area (Å²) in [5.74, 6) is 0.767. The molecule has 2 heterocycles. The normalized spacial score (nSPS) is 11.8. The number of hydrogen-bond donors (Lipinski definition) is 1. The number of unbranched alkanes of at least 4 members (excludes halogenated alkanes) is 1. The van der Waals surface area contributed by atoms with E-state index in [1.807, 2.05) is 19.9 Å². The van der Waals surface area contributed by atoms with Crippen molar-refractivity contribution >= 4 is 45.9 Å². The van der Waals surface area contributed by atoms with Crippen LogP contribution in [0.5, 0.6) is 0 Å². The van der Waals surface area contributed by atoms with Crippen molar-refractivity contribution in [1.29, 1.82) is 5.26 Å². The number of nitriles is 1. The van der Waals surface area contributed by atoms with Crippen LogP contribution in [-0.4, -0.2) is 32.1 Å². The highest BCUT2D eigenvalue weighted by Crippen LogP contribution is 2.30. The first kappa shape index (κ1) is 21.7. The number of hydrogen-bond acceptors (Lipinski definition) is 8. The van der Waals surface area contributed by atoms with Gasteiger partial charge < -0.3 is 0 Å². The summed E-state index contributed by atoms with van der Waals surface area (Å²) in [5, 5.41) is 21.1. The van der Waals surface area contributed by atoms with Crippen molar-refractivity contribution in [3.63, 3.8) is 0 Å². The Bertz CT molecular complexity index is 803. The molecule has 2 aromatic heterocycles. The molecule has 0 aromatic carbocycles. The highest BCUT2D eigenvalue weighted by Gasteiger charge is 2.22. The number of aryl methyl sites for hydroxylation is 1. The third kappa shape index (κ3) is 6.48. The lowest BCUT2D eigenvalue weighted by atomic mass is 10.2. The largest absolute Gasteiger partial charge is 0.300 e. The second-order valence-electron chi connectivity index (χ2n) is 5.68. The highest BCUT2D eigenvalue weighted by atomic mass is 32.2. The number of carbonyl (C=O) groups is 1. The van der Waals surface area contributed by atoms with Crippen molar-refractivity contribution in [3.05, 3.63) is 23.4 Å². The molecule has 1 amide bonds. The van der Waals surface area contributed by atoms with E-state index >= 15 is 0 Å². The summed E-state index contributed by atoms with van der Waals surface area (Å²) in [5.41, 5.74) is 1.46. The summed E-state index contributed by atoms with van der Waals surface area (Å²) in [4.78, 5) is 17.3. The first-order valence-corrected chi connectivity index (χ1v) is 11.6. The fourth-order valence-electron chi connectivity index (χ4n) is 2.24. The molecule has 0 aliphatic carbocycles. The first-order chi connectivity index (χ1) is 13.1. The van der Waals surface area contributed by atoms with E-state index in [-0.39, 0.29) is 11.2 Å². The van der Waals surface area contributed by atoms with Crippen molar-refractivity contribution in [3.8, 4) is 6.07 Å². The molecule has 6 nitrogen and oxygen atoms in total. The van der Waals surface area contributed by atoms with Crippen LogP contribution >= 0.6 is 34.9 Å². The van der Waals surface area contributed by atoms with Crippen LogP contribution in [0.4, 0.5) is 5.13 Å². The van der Waals surface area contributed by atoms with Gasteiger partial charge in [-0.05, 0) is 37.1 Å². The Morgan fingerprint density at radius 1 is 1.33 bits per heavy atom. The Kier molecular flexibility index (Phi) is 9.04. The van der Waals surface area contributed by atoms with Gasteiger partial charge in [-0.1, -0.05) is 62.1 Å². The SMILES string of the molecule is CCCCc1ccc(C#N)c(SC(CC)C(=O)Nc2nnc(SCC)s2)n1. The maximum atomic E-state index is 12.7. The van der Waals surface area contributed by atoms with E-state index in [2.05, 4.69) is 33.5 Å². The van der Waals surface area contributed by atoms with Gasteiger partial charge in [-0.3, -0.25) is 10.1 Å². The zero-order chi connectivity index (χ0) is 19.6. The molecule has 0 saturated carbocycles. The van der Waals surface area contributed by atoms with E-state index in [9.17, 15) is 10.1 Å². The van der Waals surface area contributed by atoms with Crippen LogP contribution in [0.2, 0.25) is 0 Å². The smallest absolute Gasteiger partial charge is 0.239 e. The van der Waals surface area contributed by atoms with Gasteiger partial charge in [0, 0.05) is 5.69 Å². The number of nitrogens with zero attached hydrogens (tertiary/aromatic N) is 4. The molecule has 9 heteroatoms. The number of pyridine rings is 1. The Labute approximate surface area is 172 Å². The standard InChI is InChI=1S/C18H23N5OS3/c1-4-7-8-13-10-9-12(11-19)16(20-13)26-14(5-2)15(24)21-17-22-23-18(27-17)25-6-3/h9-10,14H,4-8H2,1-3H3,(H,21,22,24). The zero-order valence-corrected chi connectivity index (χ0v) is 18.1. The molecule has 0 spiro atoms. The van der Waals surface area contributed by atoms with Gasteiger partial charge in [0.05, 0.1) is 10.8 Å². The van der Waals surface area contributed by atoms with Crippen molar-refractivity contribution in [1.82, 2.24) is 15.2 Å². The Balaban J connectivity index is 2.10. The maximum Gasteiger partial charge on any atom is 0.239 e. The highest BCUT2D eigenvalue weighted by molar-refractivity contribution is 8.01. The molecule has 0 fully saturated rings. The number of amides is 1. The molecule has 1 atom stereocenters. The Morgan fingerprint density at radius 3 is 2.81 bits per heavy atom. The van der Waals surface area contributed by atoms with Crippen molar-refractivity contribution in [2.75, 3.05) is 11.1 Å². The van der Waals surface area contributed by atoms with Crippen molar-refractivity contribution < 1.29 is 4.79 Å². The lowest BCUT2D eigenvalue weighted by molar-refractivity contribution is -0.115. The Morgan fingerprint density at radius 2 is 2.15 bits per heavy atom. The predicted molar refractivity (Wildman–Crippen MR) is 112 cm³/mol. The minimum atomic E-state index is -0.350. The molecule has 1 unspecified atom stereocenters. The Hall–Kier alpha value is -1.63. The van der Waals surface area contributed by atoms with E-state index < -0.39 is 0 Å². The van der Waals surface area contributed by atoms with Crippen molar-refractivity contribution in [2.24, 2.45) is 0 Å². The monoisotopic (exact) mass is 421 g/mol. The van der Waals surface area contributed by atoms with Gasteiger partial charge in [0.1, 0.15) is 11.1 Å². The molecule has 0 aliphatic rings. The maximum absolute atomic E-state index is 12.7. The van der Waals surface area contributed by atoms with Crippen LogP contribution < -0.4 is 5.32 Å². The zero-order valence-electron chi connectivity index (χ0n) is 15.7. The molecule has 2 rings (SSSR count). The summed E-state index contributed by atoms with van der Waals surface area (Å²) in [6.45, 7) is 6.12. The lowest BCUT2D eigenvalue weighted by Crippen LogP contribution is -2.24. The third-order valence-electron chi connectivity index (χ3n) is 3.65. The number of thioether (sulfide) groups is 2. The van der Waals surface area contributed by atoms with E-state index in [1.165, 1.54) is 23.1 Å². The van der Waals surface area contributed by atoms with E-state index in [1.54, 1.807) is 17.8 Å². The van der Waals surface area contributed by atoms with Gasteiger partial charge in [0.2, 0.25) is 11.0 Å². The summed E-state index contributed by atoms with van der Waals surface area (Å²) in [6.07, 6.45) is 3.64. The number of aromatic nitrogens is 3. The van der Waals surface area contributed by atoms with Gasteiger partial charge >= 0.3 is 0 Å². The summed E-state index contributed by atoms with van der Waals surface area (Å²) < 4.78 is 0.838. The average molecular weight is 422 g/mol. The minimum absolute atomic E-state index is 0.142. The molecule has 0 aliphatic heterocycles. The molecule has 2 aromatic rings. The van der Waals surface area contributed by atoms with E-state index in [0.717, 1.165) is 35.0 Å². The van der Waals surface area contributed by atoms with E-state index in [0.29, 0.717) is 22.1 Å². The first-order valence-electron chi connectivity index (χ1n) is 8.95. The van der Waals surface area contributed by atoms with Crippen LogP contribution in [0.3, 0.4) is 0 Å². The van der Waals surface area contributed by atoms with Gasteiger partial charge in [0.15, 0.2) is 4.34 Å². The van der Waals surface area contributed by atoms with Crippen LogP contribution in [0.1, 0.15) is 51.3 Å². The summed E-state index contributed by atoms with van der Waals surface area (Å²) >= 11 is 4.30. The number of anilines is 1. The van der Waals surface area contributed by atoms with Crippen molar-refractivity contribution in [2.45, 2.75) is 61.1 Å². The molecule has 144 valence electrons. The topological polar surface area (TPSA) is 91.6 Å². The molecule has 1 N–H and O–H groups in total.